The van der Waals surface area contributed by atoms with Crippen molar-refractivity contribution in [2.75, 3.05) is 0 Å². The molecule has 1 atom stereocenters. The van der Waals surface area contributed by atoms with Gasteiger partial charge in [0.1, 0.15) is 6.33 Å². The number of carbonyl (C=O) groups excluding carboxylic acids is 1. The van der Waals surface area contributed by atoms with Gasteiger partial charge in [-0.3, -0.25) is 0 Å². The number of hydrogen-bond acceptors (Lipinski definition) is 4. The van der Waals surface area contributed by atoms with E-state index in [1.54, 1.807) is 0 Å². The number of aliphatic carboxylic acids is 1. The molecule has 0 spiro atoms. The Labute approximate surface area is 96.5 Å². The van der Waals surface area contributed by atoms with Gasteiger partial charge in [-0.05, 0) is 0 Å². The minimum Gasteiger partial charge on any atom is -0.549 e. The largest absolute Gasteiger partial charge is 1.00 e. The van der Waals surface area contributed by atoms with Crippen molar-refractivity contribution < 1.29 is 43.8 Å². The summed E-state index contributed by atoms with van der Waals surface area (Å²) in [5, 5.41) is 10.3. The molecule has 0 saturated carbocycles. The first-order valence-corrected chi connectivity index (χ1v) is 3.29. The number of halogens is 1. The summed E-state index contributed by atoms with van der Waals surface area (Å²) in [5.74, 6) is -3.13. The Kier molecular flexibility index (Phi) is 5.05. The standard InChI is InChI=1S/C7H7FN2O2.Na/c1-4(7(11)12)6-5(8)2-9-3-10-6;/h2-4H,1H3,(H,11,12);/q;+1/p-1. The smallest absolute Gasteiger partial charge is 0.549 e. The Bertz CT molecular complexity index is 308. The Hall–Kier alpha value is -0.520. The molecule has 1 unspecified atom stereocenters. The van der Waals surface area contributed by atoms with Crippen molar-refractivity contribution in [3.63, 3.8) is 0 Å². The fraction of sp³-hybridized carbons (Fsp3) is 0.286. The van der Waals surface area contributed by atoms with Gasteiger partial charge in [0.05, 0.1) is 17.9 Å². The van der Waals surface area contributed by atoms with Crippen molar-refractivity contribution in [3.05, 3.63) is 24.0 Å². The van der Waals surface area contributed by atoms with E-state index >= 15 is 0 Å². The molecule has 0 bridgehead atoms. The predicted molar refractivity (Wildman–Crippen MR) is 35.4 cm³/mol. The molecule has 0 N–H and O–H groups in total. The van der Waals surface area contributed by atoms with Crippen molar-refractivity contribution in [2.45, 2.75) is 12.8 Å². The molecule has 0 aromatic carbocycles. The zero-order valence-electron chi connectivity index (χ0n) is 7.32. The van der Waals surface area contributed by atoms with Crippen LogP contribution in [0.2, 0.25) is 0 Å². The summed E-state index contributed by atoms with van der Waals surface area (Å²) in [6.07, 6.45) is 2.01. The Balaban J connectivity index is 0.00000144. The summed E-state index contributed by atoms with van der Waals surface area (Å²) in [7, 11) is 0. The van der Waals surface area contributed by atoms with E-state index in [4.69, 9.17) is 0 Å². The average molecular weight is 192 g/mol. The van der Waals surface area contributed by atoms with E-state index in [1.165, 1.54) is 6.92 Å². The zero-order chi connectivity index (χ0) is 9.14. The van der Waals surface area contributed by atoms with Gasteiger partial charge in [-0.15, -0.1) is 0 Å². The van der Waals surface area contributed by atoms with E-state index < -0.39 is 17.7 Å². The Morgan fingerprint density at radius 3 is 2.77 bits per heavy atom. The fourth-order valence-electron chi connectivity index (χ4n) is 0.752. The summed E-state index contributed by atoms with van der Waals surface area (Å²) in [6.45, 7) is 1.31. The van der Waals surface area contributed by atoms with Crippen molar-refractivity contribution in [2.24, 2.45) is 0 Å². The van der Waals surface area contributed by atoms with Crippen molar-refractivity contribution in [3.8, 4) is 0 Å². The molecular formula is C7H6FN2NaO2. The van der Waals surface area contributed by atoms with Crippen LogP contribution < -0.4 is 34.7 Å². The second kappa shape index (κ2) is 5.26. The third-order valence-electron chi connectivity index (χ3n) is 1.46. The summed E-state index contributed by atoms with van der Waals surface area (Å²) in [6, 6.07) is 0. The van der Waals surface area contributed by atoms with Gasteiger partial charge in [-0.1, -0.05) is 6.92 Å². The van der Waals surface area contributed by atoms with Crippen LogP contribution in [0.4, 0.5) is 4.39 Å². The maximum absolute atomic E-state index is 12.8. The van der Waals surface area contributed by atoms with Crippen LogP contribution >= 0.6 is 0 Å². The second-order valence-electron chi connectivity index (χ2n) is 2.30. The molecular weight excluding hydrogens is 186 g/mol. The van der Waals surface area contributed by atoms with E-state index in [2.05, 4.69) is 9.97 Å². The van der Waals surface area contributed by atoms with Gasteiger partial charge in [-0.2, -0.15) is 0 Å². The summed E-state index contributed by atoms with van der Waals surface area (Å²) >= 11 is 0. The number of aromatic nitrogens is 2. The van der Waals surface area contributed by atoms with Crippen LogP contribution in [0.3, 0.4) is 0 Å². The van der Waals surface area contributed by atoms with Crippen LogP contribution in [0.25, 0.3) is 0 Å². The maximum Gasteiger partial charge on any atom is 1.00 e. The van der Waals surface area contributed by atoms with Gasteiger partial charge in [-0.25, -0.2) is 14.4 Å². The molecule has 0 aliphatic rings. The van der Waals surface area contributed by atoms with Gasteiger partial charge >= 0.3 is 29.6 Å². The molecule has 64 valence electrons. The van der Waals surface area contributed by atoms with Gasteiger partial charge in [0, 0.05) is 5.92 Å². The van der Waals surface area contributed by atoms with Crippen LogP contribution in [0.5, 0.6) is 0 Å². The SMILES string of the molecule is CC(C(=O)[O-])c1ncncc1F.[Na+]. The van der Waals surface area contributed by atoms with Crippen LogP contribution in [0.15, 0.2) is 12.5 Å². The third-order valence-corrected chi connectivity index (χ3v) is 1.46. The molecule has 0 radical (unpaired) electrons. The van der Waals surface area contributed by atoms with Gasteiger partial charge in [0.25, 0.3) is 0 Å². The zero-order valence-corrected chi connectivity index (χ0v) is 9.32. The van der Waals surface area contributed by atoms with Gasteiger partial charge in [0.15, 0.2) is 5.82 Å². The molecule has 0 aliphatic carbocycles. The Morgan fingerprint density at radius 2 is 2.31 bits per heavy atom. The predicted octanol–water partition coefficient (Wildman–Crippen LogP) is -3.53. The minimum absolute atomic E-state index is 0. The Morgan fingerprint density at radius 1 is 1.69 bits per heavy atom. The molecule has 1 rings (SSSR count). The monoisotopic (exact) mass is 192 g/mol. The number of nitrogens with zero attached hydrogens (tertiary/aromatic N) is 2. The van der Waals surface area contributed by atoms with E-state index in [9.17, 15) is 14.3 Å². The van der Waals surface area contributed by atoms with Crippen LogP contribution in [0, 0.1) is 5.82 Å². The molecule has 1 aromatic rings. The molecule has 0 fully saturated rings. The molecule has 0 saturated heterocycles. The molecule has 4 nitrogen and oxygen atoms in total. The topological polar surface area (TPSA) is 65.9 Å². The number of carboxylic acid groups (broad SMARTS) is 1. The van der Waals surface area contributed by atoms with Crippen LogP contribution in [-0.4, -0.2) is 15.9 Å². The molecule has 13 heavy (non-hydrogen) atoms. The van der Waals surface area contributed by atoms with Gasteiger partial charge in [0.2, 0.25) is 0 Å². The van der Waals surface area contributed by atoms with E-state index in [0.29, 0.717) is 0 Å². The van der Waals surface area contributed by atoms with Gasteiger partial charge < -0.3 is 9.90 Å². The van der Waals surface area contributed by atoms with Crippen molar-refractivity contribution in [1.82, 2.24) is 9.97 Å². The van der Waals surface area contributed by atoms with Crippen LogP contribution in [-0.2, 0) is 4.79 Å². The number of hydrogen-bond donors (Lipinski definition) is 0. The minimum atomic E-state index is -1.35. The molecule has 0 amide bonds. The summed E-state index contributed by atoms with van der Waals surface area (Å²) in [4.78, 5) is 17.2. The molecule has 1 heterocycles. The van der Waals surface area contributed by atoms with E-state index in [-0.39, 0.29) is 35.3 Å². The first-order valence-electron chi connectivity index (χ1n) is 3.29. The number of carbonyl (C=O) groups is 1. The molecule has 6 heteroatoms. The van der Waals surface area contributed by atoms with E-state index in [0.717, 1.165) is 12.5 Å². The normalized spacial score (nSPS) is 11.5. The number of rotatable bonds is 2. The van der Waals surface area contributed by atoms with Crippen molar-refractivity contribution >= 4 is 5.97 Å². The summed E-state index contributed by atoms with van der Waals surface area (Å²) < 4.78 is 12.8. The van der Waals surface area contributed by atoms with E-state index in [1.807, 2.05) is 0 Å². The summed E-state index contributed by atoms with van der Waals surface area (Å²) in [5.41, 5.74) is -0.148. The average Bonchev–Trinajstić information content (AvgIpc) is 2.04. The fourth-order valence-corrected chi connectivity index (χ4v) is 0.752. The quantitative estimate of drug-likeness (QED) is 0.455. The number of carboxylic acids is 1. The maximum atomic E-state index is 12.8. The van der Waals surface area contributed by atoms with Crippen LogP contribution in [0.1, 0.15) is 18.5 Å². The molecule has 0 aliphatic heterocycles. The van der Waals surface area contributed by atoms with Crippen molar-refractivity contribution in [1.29, 1.82) is 0 Å². The second-order valence-corrected chi connectivity index (χ2v) is 2.30. The molecule has 1 aromatic heterocycles. The first kappa shape index (κ1) is 12.5. The third kappa shape index (κ3) is 3.02. The first-order chi connectivity index (χ1) is 5.63.